The molecule has 1 fully saturated rings. The average Bonchev–Trinajstić information content (AvgIpc) is 2.38. The Kier molecular flexibility index (Phi) is 4.55. The van der Waals surface area contributed by atoms with E-state index in [1.807, 2.05) is 13.0 Å². The zero-order chi connectivity index (χ0) is 14.8. The van der Waals surface area contributed by atoms with Gasteiger partial charge in [-0.3, -0.25) is 4.79 Å². The minimum atomic E-state index is -0.787. The van der Waals surface area contributed by atoms with Gasteiger partial charge < -0.3 is 14.7 Å². The summed E-state index contributed by atoms with van der Waals surface area (Å²) in [7, 11) is 0. The number of halogens is 1. The summed E-state index contributed by atoms with van der Waals surface area (Å²) >= 11 is 5.94. The molecule has 110 valence electrons. The molecule has 1 amide bonds. The fraction of sp³-hybridized carbons (Fsp3) is 0.533. The second-order valence-corrected chi connectivity index (χ2v) is 6.02. The number of β-amino-alcohol motifs (C(OH)–C–C–N with tert-alkyl or cyclic N) is 1. The standard InChI is InChI=1S/C15H20ClNO3/c1-11-8-12(4-5-13(11)16)20-9-14(18)17-7-3-6-15(2,19)10-17/h4-5,8,19H,3,6-7,9-10H2,1-2H3. The van der Waals surface area contributed by atoms with E-state index in [1.54, 1.807) is 24.0 Å². The first-order chi connectivity index (χ1) is 9.37. The molecule has 0 aliphatic carbocycles. The number of likely N-dealkylation sites (tertiary alicyclic amines) is 1. The molecule has 1 aromatic rings. The van der Waals surface area contributed by atoms with E-state index in [1.165, 1.54) is 0 Å². The largest absolute Gasteiger partial charge is 0.484 e. The molecule has 1 aliphatic heterocycles. The molecule has 1 atom stereocenters. The highest BCUT2D eigenvalue weighted by Crippen LogP contribution is 2.22. The van der Waals surface area contributed by atoms with Crippen molar-refractivity contribution in [1.82, 2.24) is 4.90 Å². The molecule has 1 N–H and O–H groups in total. The van der Waals surface area contributed by atoms with Crippen molar-refractivity contribution in [3.63, 3.8) is 0 Å². The van der Waals surface area contributed by atoms with Crippen LogP contribution in [0.4, 0.5) is 0 Å². The second-order valence-electron chi connectivity index (χ2n) is 5.62. The lowest BCUT2D eigenvalue weighted by atomic mass is 9.95. The summed E-state index contributed by atoms with van der Waals surface area (Å²) in [5.41, 5.74) is 0.127. The Bertz CT molecular complexity index is 502. The van der Waals surface area contributed by atoms with Crippen molar-refractivity contribution >= 4 is 17.5 Å². The maximum Gasteiger partial charge on any atom is 0.260 e. The summed E-state index contributed by atoms with van der Waals surface area (Å²) in [5, 5.41) is 10.7. The highest BCUT2D eigenvalue weighted by Gasteiger charge is 2.30. The van der Waals surface area contributed by atoms with Crippen molar-refractivity contribution in [1.29, 1.82) is 0 Å². The number of nitrogens with zero attached hydrogens (tertiary/aromatic N) is 1. The molecule has 1 unspecified atom stereocenters. The Hall–Kier alpha value is -1.26. The van der Waals surface area contributed by atoms with Crippen molar-refractivity contribution in [3.8, 4) is 5.75 Å². The summed E-state index contributed by atoms with van der Waals surface area (Å²) in [6.45, 7) is 4.68. The summed E-state index contributed by atoms with van der Waals surface area (Å²) in [4.78, 5) is 13.7. The maximum absolute atomic E-state index is 12.1. The van der Waals surface area contributed by atoms with E-state index < -0.39 is 5.60 Å². The number of amides is 1. The molecular weight excluding hydrogens is 278 g/mol. The van der Waals surface area contributed by atoms with Gasteiger partial charge in [0.1, 0.15) is 5.75 Å². The lowest BCUT2D eigenvalue weighted by Crippen LogP contribution is -2.49. The minimum absolute atomic E-state index is 0.0167. The zero-order valence-corrected chi connectivity index (χ0v) is 12.6. The SMILES string of the molecule is Cc1cc(OCC(=O)N2CCCC(C)(O)C2)ccc1Cl. The van der Waals surface area contributed by atoms with Crippen molar-refractivity contribution in [2.75, 3.05) is 19.7 Å². The third kappa shape index (κ3) is 3.87. The molecule has 0 bridgehead atoms. The molecule has 1 aliphatic rings. The number of aryl methyl sites for hydroxylation is 1. The van der Waals surface area contributed by atoms with Crippen molar-refractivity contribution < 1.29 is 14.6 Å². The third-order valence-corrected chi connectivity index (χ3v) is 3.94. The highest BCUT2D eigenvalue weighted by molar-refractivity contribution is 6.31. The monoisotopic (exact) mass is 297 g/mol. The summed E-state index contributed by atoms with van der Waals surface area (Å²) < 4.78 is 5.49. The number of ether oxygens (including phenoxy) is 1. The Morgan fingerprint density at radius 1 is 1.55 bits per heavy atom. The molecule has 0 radical (unpaired) electrons. The van der Waals surface area contributed by atoms with Crippen LogP contribution >= 0.6 is 11.6 Å². The smallest absolute Gasteiger partial charge is 0.260 e. The van der Waals surface area contributed by atoms with Gasteiger partial charge in [-0.05, 0) is 50.5 Å². The van der Waals surface area contributed by atoms with Crippen LogP contribution in [0.25, 0.3) is 0 Å². The van der Waals surface area contributed by atoms with E-state index in [-0.39, 0.29) is 12.5 Å². The first kappa shape index (κ1) is 15.1. The van der Waals surface area contributed by atoms with Crippen LogP contribution in [0.15, 0.2) is 18.2 Å². The predicted molar refractivity (Wildman–Crippen MR) is 78.1 cm³/mol. The van der Waals surface area contributed by atoms with Gasteiger partial charge in [-0.2, -0.15) is 0 Å². The van der Waals surface area contributed by atoms with Gasteiger partial charge in [0.25, 0.3) is 5.91 Å². The maximum atomic E-state index is 12.1. The number of carbonyl (C=O) groups excluding carboxylic acids is 1. The molecule has 1 saturated heterocycles. The van der Waals surface area contributed by atoms with Crippen LogP contribution in [0, 0.1) is 6.92 Å². The van der Waals surface area contributed by atoms with Crippen molar-refractivity contribution in [2.24, 2.45) is 0 Å². The topological polar surface area (TPSA) is 49.8 Å². The van der Waals surface area contributed by atoms with Gasteiger partial charge in [0.15, 0.2) is 6.61 Å². The van der Waals surface area contributed by atoms with E-state index in [9.17, 15) is 9.90 Å². The van der Waals surface area contributed by atoms with E-state index in [2.05, 4.69) is 0 Å². The van der Waals surface area contributed by atoms with Gasteiger partial charge in [-0.15, -0.1) is 0 Å². The molecule has 5 heteroatoms. The van der Waals surface area contributed by atoms with Crippen LogP contribution in [0.2, 0.25) is 5.02 Å². The lowest BCUT2D eigenvalue weighted by Gasteiger charge is -2.36. The molecule has 0 saturated carbocycles. The first-order valence-electron chi connectivity index (χ1n) is 6.76. The van der Waals surface area contributed by atoms with Crippen LogP contribution in [-0.2, 0) is 4.79 Å². The number of rotatable bonds is 3. The Morgan fingerprint density at radius 2 is 2.30 bits per heavy atom. The molecule has 0 aromatic heterocycles. The Morgan fingerprint density at radius 3 is 2.95 bits per heavy atom. The summed E-state index contributed by atoms with van der Waals surface area (Å²) in [5.74, 6) is 0.529. The number of piperidine rings is 1. The van der Waals surface area contributed by atoms with Gasteiger partial charge in [0, 0.05) is 18.1 Å². The third-order valence-electron chi connectivity index (χ3n) is 3.52. The van der Waals surface area contributed by atoms with Gasteiger partial charge in [-0.1, -0.05) is 11.6 Å². The summed E-state index contributed by atoms with van der Waals surface area (Å²) in [6.07, 6.45) is 1.55. The van der Waals surface area contributed by atoms with Gasteiger partial charge in [0.2, 0.25) is 0 Å². The number of benzene rings is 1. The van der Waals surface area contributed by atoms with Crippen LogP contribution < -0.4 is 4.74 Å². The molecule has 0 spiro atoms. The van der Waals surface area contributed by atoms with E-state index in [0.29, 0.717) is 23.9 Å². The molecule has 2 rings (SSSR count). The van der Waals surface area contributed by atoms with Crippen molar-refractivity contribution in [2.45, 2.75) is 32.3 Å². The normalized spacial score (nSPS) is 22.7. The second kappa shape index (κ2) is 6.02. The fourth-order valence-electron chi connectivity index (χ4n) is 2.38. The summed E-state index contributed by atoms with van der Waals surface area (Å²) in [6, 6.07) is 5.30. The Labute approximate surface area is 124 Å². The quantitative estimate of drug-likeness (QED) is 0.932. The lowest BCUT2D eigenvalue weighted by molar-refractivity contribution is -0.139. The molecule has 20 heavy (non-hydrogen) atoms. The zero-order valence-electron chi connectivity index (χ0n) is 11.9. The van der Waals surface area contributed by atoms with Crippen LogP contribution in [-0.4, -0.2) is 41.2 Å². The Balaban J connectivity index is 1.90. The fourth-order valence-corrected chi connectivity index (χ4v) is 2.49. The predicted octanol–water partition coefficient (Wildman–Crippen LogP) is 2.40. The van der Waals surface area contributed by atoms with Gasteiger partial charge >= 0.3 is 0 Å². The number of aliphatic hydroxyl groups is 1. The first-order valence-corrected chi connectivity index (χ1v) is 7.14. The van der Waals surface area contributed by atoms with Crippen LogP contribution in [0.5, 0.6) is 5.75 Å². The van der Waals surface area contributed by atoms with Crippen molar-refractivity contribution in [3.05, 3.63) is 28.8 Å². The minimum Gasteiger partial charge on any atom is -0.484 e. The van der Waals surface area contributed by atoms with Gasteiger partial charge in [0.05, 0.1) is 5.60 Å². The number of hydrogen-bond acceptors (Lipinski definition) is 3. The van der Waals surface area contributed by atoms with E-state index in [0.717, 1.165) is 18.4 Å². The van der Waals surface area contributed by atoms with Gasteiger partial charge in [-0.25, -0.2) is 0 Å². The van der Waals surface area contributed by atoms with E-state index >= 15 is 0 Å². The van der Waals surface area contributed by atoms with Crippen LogP contribution in [0.3, 0.4) is 0 Å². The number of hydrogen-bond donors (Lipinski definition) is 1. The molecule has 1 aromatic carbocycles. The van der Waals surface area contributed by atoms with Crippen LogP contribution in [0.1, 0.15) is 25.3 Å². The molecule has 1 heterocycles. The molecular formula is C15H20ClNO3. The average molecular weight is 298 g/mol. The van der Waals surface area contributed by atoms with E-state index in [4.69, 9.17) is 16.3 Å². The molecule has 4 nitrogen and oxygen atoms in total. The number of carbonyl (C=O) groups is 1. The highest BCUT2D eigenvalue weighted by atomic mass is 35.5.